The second-order valence-electron chi connectivity index (χ2n) is 4.99. The van der Waals surface area contributed by atoms with E-state index in [1.807, 2.05) is 0 Å². The maximum atomic E-state index is 12.3. The van der Waals surface area contributed by atoms with Crippen molar-refractivity contribution in [1.29, 1.82) is 0 Å². The zero-order valence-corrected chi connectivity index (χ0v) is 14.8. The number of anilines is 1. The smallest absolute Gasteiger partial charge is 0.307 e. The molecule has 3 rings (SSSR count). The molecule has 0 fully saturated rings. The minimum atomic E-state index is -0.534. The van der Waals surface area contributed by atoms with Crippen molar-refractivity contribution in [2.45, 2.75) is 6.54 Å². The van der Waals surface area contributed by atoms with E-state index in [0.29, 0.717) is 22.4 Å². The van der Waals surface area contributed by atoms with Gasteiger partial charge in [0.25, 0.3) is 5.91 Å². The number of carbonyl (C=O) groups is 1. The highest BCUT2D eigenvalue weighted by atomic mass is 35.5. The Morgan fingerprint density at radius 1 is 1.32 bits per heavy atom. The fourth-order valence-corrected chi connectivity index (χ4v) is 3.28. The number of thiophene rings is 1. The third-order valence-corrected chi connectivity index (χ3v) is 4.79. The lowest BCUT2D eigenvalue weighted by atomic mass is 10.2. The molecule has 1 aromatic carbocycles. The fourth-order valence-electron chi connectivity index (χ4n) is 2.10. The average Bonchev–Trinajstić information content (AvgIpc) is 3.20. The van der Waals surface area contributed by atoms with Crippen LogP contribution >= 0.6 is 34.5 Å². The molecule has 0 aliphatic rings. The van der Waals surface area contributed by atoms with E-state index >= 15 is 0 Å². The van der Waals surface area contributed by atoms with Crippen LogP contribution in [0.2, 0.25) is 10.0 Å². The zero-order valence-electron chi connectivity index (χ0n) is 12.5. The highest BCUT2D eigenvalue weighted by Crippen LogP contribution is 2.25. The number of nitrogens with one attached hydrogen (secondary N) is 1. The Hall–Kier alpha value is -2.42. The van der Waals surface area contributed by atoms with Crippen molar-refractivity contribution in [3.8, 4) is 0 Å². The summed E-state index contributed by atoms with van der Waals surface area (Å²) in [5, 5.41) is 19.9. The van der Waals surface area contributed by atoms with Gasteiger partial charge in [0.1, 0.15) is 5.82 Å². The first kappa shape index (κ1) is 17.4. The molecule has 25 heavy (non-hydrogen) atoms. The van der Waals surface area contributed by atoms with Gasteiger partial charge < -0.3 is 5.32 Å². The fraction of sp³-hybridized carbons (Fsp3) is 0.0667. The van der Waals surface area contributed by atoms with Gasteiger partial charge >= 0.3 is 5.00 Å². The first-order valence-electron chi connectivity index (χ1n) is 6.94. The van der Waals surface area contributed by atoms with Crippen LogP contribution in [-0.2, 0) is 6.54 Å². The van der Waals surface area contributed by atoms with E-state index in [0.717, 1.165) is 16.9 Å². The number of hydrogen-bond donors (Lipinski definition) is 1. The lowest BCUT2D eigenvalue weighted by Crippen LogP contribution is -2.15. The Morgan fingerprint density at radius 2 is 2.12 bits per heavy atom. The molecule has 0 saturated carbocycles. The van der Waals surface area contributed by atoms with Gasteiger partial charge in [-0.05, 0) is 17.7 Å². The molecular weight excluding hydrogens is 387 g/mol. The monoisotopic (exact) mass is 396 g/mol. The minimum Gasteiger partial charge on any atom is -0.307 e. The molecule has 7 nitrogen and oxygen atoms in total. The molecule has 1 N–H and O–H groups in total. The Kier molecular flexibility index (Phi) is 5.03. The Morgan fingerprint density at radius 3 is 2.80 bits per heavy atom. The van der Waals surface area contributed by atoms with Crippen LogP contribution < -0.4 is 5.32 Å². The van der Waals surface area contributed by atoms with E-state index in [1.165, 1.54) is 17.6 Å². The normalized spacial score (nSPS) is 10.6. The molecule has 128 valence electrons. The summed E-state index contributed by atoms with van der Waals surface area (Å²) in [6.45, 7) is 0.336. The summed E-state index contributed by atoms with van der Waals surface area (Å²) in [6.07, 6.45) is 1.54. The molecule has 0 radical (unpaired) electrons. The highest BCUT2D eigenvalue weighted by Gasteiger charge is 2.16. The first-order valence-corrected chi connectivity index (χ1v) is 8.57. The number of benzene rings is 1. The largest absolute Gasteiger partial charge is 0.324 e. The Labute approximate surface area is 155 Å². The van der Waals surface area contributed by atoms with Crippen LogP contribution in [0.3, 0.4) is 0 Å². The summed E-state index contributed by atoms with van der Waals surface area (Å²) < 4.78 is 1.56. The van der Waals surface area contributed by atoms with Crippen LogP contribution in [0, 0.1) is 10.1 Å². The van der Waals surface area contributed by atoms with E-state index < -0.39 is 10.8 Å². The van der Waals surface area contributed by atoms with Crippen molar-refractivity contribution in [2.24, 2.45) is 0 Å². The van der Waals surface area contributed by atoms with Gasteiger partial charge in [-0.1, -0.05) is 40.6 Å². The number of amides is 1. The molecule has 0 bridgehead atoms. The number of nitro groups is 1. The molecule has 2 aromatic heterocycles. The van der Waals surface area contributed by atoms with Gasteiger partial charge in [-0.2, -0.15) is 5.10 Å². The third kappa shape index (κ3) is 3.98. The summed E-state index contributed by atoms with van der Waals surface area (Å²) in [5.74, 6) is -0.00169. The number of nitrogens with zero attached hydrogens (tertiary/aromatic N) is 3. The van der Waals surface area contributed by atoms with Crippen LogP contribution in [0.25, 0.3) is 0 Å². The summed E-state index contributed by atoms with van der Waals surface area (Å²) >= 11 is 12.9. The van der Waals surface area contributed by atoms with Crippen molar-refractivity contribution < 1.29 is 9.72 Å². The molecule has 0 aliphatic carbocycles. The van der Waals surface area contributed by atoms with E-state index in [2.05, 4.69) is 10.4 Å². The van der Waals surface area contributed by atoms with Gasteiger partial charge in [-0.25, -0.2) is 4.68 Å². The van der Waals surface area contributed by atoms with Crippen LogP contribution in [-0.4, -0.2) is 20.6 Å². The van der Waals surface area contributed by atoms with Gasteiger partial charge in [0.05, 0.1) is 23.2 Å². The summed E-state index contributed by atoms with van der Waals surface area (Å²) in [7, 11) is 0. The average molecular weight is 397 g/mol. The third-order valence-electron chi connectivity index (χ3n) is 3.32. The maximum Gasteiger partial charge on any atom is 0.324 e. The Bertz CT molecular complexity index is 954. The summed E-state index contributed by atoms with van der Waals surface area (Å²) in [4.78, 5) is 22.4. The molecule has 0 unspecified atom stereocenters. The summed E-state index contributed by atoms with van der Waals surface area (Å²) in [5.41, 5.74) is 1.01. The van der Waals surface area contributed by atoms with Crippen LogP contribution in [0.5, 0.6) is 0 Å². The molecule has 0 spiro atoms. The van der Waals surface area contributed by atoms with E-state index in [-0.39, 0.29) is 10.6 Å². The van der Waals surface area contributed by atoms with Crippen molar-refractivity contribution in [3.05, 3.63) is 73.2 Å². The van der Waals surface area contributed by atoms with E-state index in [9.17, 15) is 14.9 Å². The molecule has 3 aromatic rings. The molecule has 2 heterocycles. The predicted molar refractivity (Wildman–Crippen MR) is 96.7 cm³/mol. The van der Waals surface area contributed by atoms with E-state index in [1.54, 1.807) is 28.9 Å². The Balaban J connectivity index is 1.77. The molecule has 0 aliphatic heterocycles. The van der Waals surface area contributed by atoms with Crippen molar-refractivity contribution in [3.63, 3.8) is 0 Å². The van der Waals surface area contributed by atoms with Gasteiger partial charge in [-0.3, -0.25) is 14.9 Å². The van der Waals surface area contributed by atoms with Gasteiger partial charge in [0.15, 0.2) is 0 Å². The maximum absolute atomic E-state index is 12.3. The standard InChI is InChI=1S/C15H10Cl2N4O3S/c16-11-2-1-9(12(17)6-11)7-20-13(3-4-18-20)19-15(22)10-5-14(21(23)24)25-8-10/h1-6,8H,7H2,(H,19,22). The van der Waals surface area contributed by atoms with Gasteiger partial charge in [0, 0.05) is 27.6 Å². The second-order valence-corrected chi connectivity index (χ2v) is 6.73. The minimum absolute atomic E-state index is 0.0911. The first-order chi connectivity index (χ1) is 11.9. The molecular formula is C15H10Cl2N4O3S. The lowest BCUT2D eigenvalue weighted by Gasteiger charge is -2.10. The van der Waals surface area contributed by atoms with Gasteiger partial charge in [-0.15, -0.1) is 0 Å². The number of hydrogen-bond acceptors (Lipinski definition) is 5. The number of rotatable bonds is 5. The van der Waals surface area contributed by atoms with Crippen molar-refractivity contribution >= 4 is 51.3 Å². The van der Waals surface area contributed by atoms with Crippen LogP contribution in [0.4, 0.5) is 10.8 Å². The molecule has 10 heteroatoms. The van der Waals surface area contributed by atoms with Crippen LogP contribution in [0.15, 0.2) is 41.9 Å². The second kappa shape index (κ2) is 7.22. The SMILES string of the molecule is O=C(Nc1ccnn1Cc1ccc(Cl)cc1Cl)c1csc([N+](=O)[O-])c1. The van der Waals surface area contributed by atoms with Gasteiger partial charge in [0.2, 0.25) is 0 Å². The molecule has 0 saturated heterocycles. The number of carbonyl (C=O) groups excluding carboxylic acids is 1. The highest BCUT2D eigenvalue weighted by molar-refractivity contribution is 7.13. The number of aromatic nitrogens is 2. The predicted octanol–water partition coefficient (Wildman–Crippen LogP) is 4.46. The zero-order chi connectivity index (χ0) is 18.0. The lowest BCUT2D eigenvalue weighted by molar-refractivity contribution is -0.380. The molecule has 0 atom stereocenters. The van der Waals surface area contributed by atoms with E-state index in [4.69, 9.17) is 23.2 Å². The topological polar surface area (TPSA) is 90.1 Å². The molecule has 1 amide bonds. The summed E-state index contributed by atoms with van der Waals surface area (Å²) in [6, 6.07) is 7.99. The van der Waals surface area contributed by atoms with Crippen molar-refractivity contribution in [2.75, 3.05) is 5.32 Å². The number of halogens is 2. The van der Waals surface area contributed by atoms with Crippen LogP contribution in [0.1, 0.15) is 15.9 Å². The quantitative estimate of drug-likeness (QED) is 0.508. The van der Waals surface area contributed by atoms with Crippen molar-refractivity contribution in [1.82, 2.24) is 9.78 Å².